The topological polar surface area (TPSA) is 187 Å². The smallest absolute Gasteiger partial charge is 0.0594 e. The van der Waals surface area contributed by atoms with Crippen LogP contribution in [0.3, 0.4) is 0 Å². The first-order chi connectivity index (χ1) is 42.1. The molecule has 12 N–H and O–H groups in total. The third kappa shape index (κ3) is 103. The quantitative estimate of drug-likeness (QED) is 0.0456. The maximum absolute atomic E-state index is 5.42. The Morgan fingerprint density at radius 3 is 0.880 bits per heavy atom. The number of likely N-dealkylation sites (N-methyl/N-ethyl adjacent to an activating group) is 1. The molecule has 2 fully saturated rings. The van der Waals surface area contributed by atoms with Crippen molar-refractivity contribution >= 4 is 0 Å². The van der Waals surface area contributed by atoms with Crippen LogP contribution in [0.2, 0.25) is 0 Å². The Labute approximate surface area is 584 Å². The molecule has 0 spiro atoms. The summed E-state index contributed by atoms with van der Waals surface area (Å²) in [5, 5.41) is 12.8. The van der Waals surface area contributed by atoms with Gasteiger partial charge in [0.25, 0.3) is 0 Å². The zero-order valence-electron chi connectivity index (χ0n) is 71.1. The second-order valence-corrected chi connectivity index (χ2v) is 30.0. The fourth-order valence-corrected chi connectivity index (χ4v) is 7.69. The molecule has 2 aliphatic heterocycles. The molecule has 92 heavy (non-hydrogen) atoms. The van der Waals surface area contributed by atoms with Crippen molar-refractivity contribution in [3.05, 3.63) is 0 Å². The molecule has 17 heteroatoms. The molecule has 0 aromatic carbocycles. The van der Waals surface area contributed by atoms with Gasteiger partial charge >= 0.3 is 0 Å². The van der Waals surface area contributed by atoms with E-state index in [1.165, 1.54) is 45.4 Å². The van der Waals surface area contributed by atoms with E-state index in [9.17, 15) is 0 Å². The SMILES string of the molecule is CC(C)N(C)C.CC(C)N(C)C(C)(C)C.CC(C)N(C)CCN.CC(C)N(CCN)CCN.CC(C)N1CCCCC1.CC(C)N1CCOCC1.CC(C)NC(C)(C)C.CC(C)NCCN.CCN(C)C(C)C.CCN(CC)C(C)C.CCNC(C)C.CNC(C)C. The van der Waals surface area contributed by atoms with Crippen molar-refractivity contribution in [2.75, 3.05) is 160 Å². The van der Waals surface area contributed by atoms with Gasteiger partial charge in [-0.15, -0.1) is 0 Å². The summed E-state index contributed by atoms with van der Waals surface area (Å²) in [6.45, 7) is 92.3. The number of nitrogens with two attached hydrogens (primary N) is 4. The Morgan fingerprint density at radius 2 is 0.772 bits per heavy atom. The van der Waals surface area contributed by atoms with Crippen LogP contribution < -0.4 is 44.2 Å². The predicted octanol–water partition coefficient (Wildman–Crippen LogP) is 12.0. The van der Waals surface area contributed by atoms with E-state index >= 15 is 0 Å². The summed E-state index contributed by atoms with van der Waals surface area (Å²) in [5.74, 6) is 0. The van der Waals surface area contributed by atoms with Gasteiger partial charge in [0.15, 0.2) is 0 Å². The zero-order chi connectivity index (χ0) is 74.9. The molecule has 0 unspecified atom stereocenters. The van der Waals surface area contributed by atoms with Crippen molar-refractivity contribution < 1.29 is 4.74 Å². The highest BCUT2D eigenvalue weighted by atomic mass is 16.5. The Balaban J connectivity index is -0.000000100. The van der Waals surface area contributed by atoms with E-state index < -0.39 is 0 Å². The number of likely N-dealkylation sites (tertiary alicyclic amines) is 1. The van der Waals surface area contributed by atoms with Crippen molar-refractivity contribution in [3.8, 4) is 0 Å². The number of hydrogen-bond acceptors (Lipinski definition) is 17. The van der Waals surface area contributed by atoms with Crippen molar-refractivity contribution in [2.45, 2.75) is 338 Å². The molecule has 2 rings (SSSR count). The lowest BCUT2D eigenvalue weighted by atomic mass is 10.1. The van der Waals surface area contributed by atoms with Crippen molar-refractivity contribution in [2.24, 2.45) is 22.9 Å². The molecule has 17 nitrogen and oxygen atoms in total. The van der Waals surface area contributed by atoms with Crippen LogP contribution in [0.1, 0.15) is 255 Å². The van der Waals surface area contributed by atoms with Crippen LogP contribution in [0.5, 0.6) is 0 Å². The maximum Gasteiger partial charge on any atom is 0.0594 e. The molecule has 572 valence electrons. The molecule has 2 saturated heterocycles. The van der Waals surface area contributed by atoms with Crippen LogP contribution in [-0.2, 0) is 4.74 Å². The Morgan fingerprint density at radius 1 is 0.413 bits per heavy atom. The first-order valence-corrected chi connectivity index (χ1v) is 37.2. The highest BCUT2D eigenvalue weighted by molar-refractivity contribution is 4.75. The summed E-state index contributed by atoms with van der Waals surface area (Å²) >= 11 is 0. The van der Waals surface area contributed by atoms with Crippen molar-refractivity contribution in [1.29, 1.82) is 0 Å². The lowest BCUT2D eigenvalue weighted by Gasteiger charge is -2.35. The maximum atomic E-state index is 5.42. The normalized spacial score (nSPS) is 13.6. The number of rotatable bonds is 24. The molecule has 0 aliphatic carbocycles. The summed E-state index contributed by atoms with van der Waals surface area (Å²) < 4.78 is 5.21. The zero-order valence-corrected chi connectivity index (χ0v) is 71.1. The lowest BCUT2D eigenvalue weighted by Crippen LogP contribution is -2.42. The second-order valence-electron chi connectivity index (χ2n) is 30.0. The minimum atomic E-state index is 0.272. The van der Waals surface area contributed by atoms with Crippen LogP contribution in [0.4, 0.5) is 0 Å². The van der Waals surface area contributed by atoms with Gasteiger partial charge in [-0.2, -0.15) is 0 Å². The number of nitrogens with one attached hydrogen (secondary N) is 4. The number of nitrogens with zero attached hydrogens (tertiary/aromatic N) is 8. The van der Waals surface area contributed by atoms with Gasteiger partial charge in [-0.1, -0.05) is 89.5 Å². The lowest BCUT2D eigenvalue weighted by molar-refractivity contribution is 0.0238. The van der Waals surface area contributed by atoms with Gasteiger partial charge in [0, 0.05) is 149 Å². The van der Waals surface area contributed by atoms with E-state index in [4.69, 9.17) is 27.7 Å². The largest absolute Gasteiger partial charge is 0.379 e. The molecular formula is C75H186N16O. The monoisotopic (exact) mass is 1330 g/mol. The van der Waals surface area contributed by atoms with E-state index in [1.54, 1.807) is 0 Å². The molecule has 0 radical (unpaired) electrons. The van der Waals surface area contributed by atoms with E-state index in [-0.39, 0.29) is 5.54 Å². The molecule has 0 atom stereocenters. The van der Waals surface area contributed by atoms with Crippen LogP contribution in [-0.4, -0.2) is 283 Å². The van der Waals surface area contributed by atoms with E-state index in [0.717, 1.165) is 97.8 Å². The summed E-state index contributed by atoms with van der Waals surface area (Å²) in [7, 11) is 12.5. The Kier molecular flexibility index (Phi) is 93.2. The first-order valence-electron chi connectivity index (χ1n) is 37.2. The Hall–Kier alpha value is -0.680. The number of hydrogen-bond donors (Lipinski definition) is 8. The summed E-state index contributed by atoms with van der Waals surface area (Å²) in [6, 6.07) is 7.83. The average molecular weight is 1330 g/mol. The van der Waals surface area contributed by atoms with Gasteiger partial charge in [-0.05, 0) is 247 Å². The summed E-state index contributed by atoms with van der Waals surface area (Å²) in [4.78, 5) is 18.7. The van der Waals surface area contributed by atoms with Gasteiger partial charge in [-0.25, -0.2) is 0 Å². The van der Waals surface area contributed by atoms with Gasteiger partial charge in [0.2, 0.25) is 0 Å². The summed E-state index contributed by atoms with van der Waals surface area (Å²) in [5.41, 5.74) is 22.0. The molecule has 0 aromatic heterocycles. The average Bonchev–Trinajstić information content (AvgIpc) is 2.74. The number of ether oxygens (including phenoxy) is 1. The fourth-order valence-electron chi connectivity index (χ4n) is 7.69. The molecule has 0 amide bonds. The number of piperidine rings is 1. The van der Waals surface area contributed by atoms with E-state index in [0.29, 0.717) is 72.0 Å². The van der Waals surface area contributed by atoms with Gasteiger partial charge in [0.1, 0.15) is 0 Å². The third-order valence-corrected chi connectivity index (χ3v) is 15.2. The molecule has 2 aliphatic rings. The van der Waals surface area contributed by atoms with Crippen molar-refractivity contribution in [1.82, 2.24) is 60.5 Å². The second kappa shape index (κ2) is 76.1. The molecule has 0 bridgehead atoms. The fraction of sp³-hybridized carbons (Fsp3) is 1.00. The molecule has 0 aromatic rings. The van der Waals surface area contributed by atoms with Crippen LogP contribution in [0, 0.1) is 0 Å². The standard InChI is InChI=1S/C8H17N.C8H19N.C7H19N3.C7H15NO.2C7H17N.C6H16N2.C6H15N.C5H14N2.2C5H13N.C4H11N/c1-8(2)9-6-4-3-5-7-9;1-7(2)9(6)8(3,4)5;1-7(2)10(5-3-8)6-4-9;1-7(2)8-3-5-9-6-4-8;1-6(2)8-7(3,4)5;1-5-8(6-2)7(3)4;1-6(2)8(3)5-4-7;1-5-7(4)6(2)3;1-5(2)7-4-3-6;1-5(2)6(3)4;1-4-6-5(2)3;1-4(2)5-3/h8H,3-7H2,1-2H3;7H,1-6H3;7H,3-6,8-9H2,1-2H3;7H,3-6H2,1-2H3;6,8H,1-5H3;7H,5-6H2,1-4H3;6H,4-5,7H2,1-3H3;6H,5H2,1-4H3;5,7H,3-4,6H2,1-2H3;5H,1-4H3;5-6H,4H2,1-3H3;4-5H,1-3H3. The minimum Gasteiger partial charge on any atom is -0.379 e. The predicted molar refractivity (Wildman–Crippen MR) is 426 cm³/mol. The van der Waals surface area contributed by atoms with Crippen LogP contribution in [0.15, 0.2) is 0 Å². The van der Waals surface area contributed by atoms with Crippen LogP contribution >= 0.6 is 0 Å². The number of morpholine rings is 1. The van der Waals surface area contributed by atoms with E-state index in [1.807, 2.05) is 7.05 Å². The molecule has 2 heterocycles. The molecular weight excluding hydrogens is 1140 g/mol. The Bertz CT molecular complexity index is 1270. The summed E-state index contributed by atoms with van der Waals surface area (Å²) in [6.07, 6.45) is 4.28. The third-order valence-electron chi connectivity index (χ3n) is 15.2. The first kappa shape index (κ1) is 113. The van der Waals surface area contributed by atoms with Gasteiger partial charge in [0.05, 0.1) is 13.2 Å². The van der Waals surface area contributed by atoms with E-state index in [2.05, 4.69) is 331 Å². The highest BCUT2D eigenvalue weighted by Gasteiger charge is 2.19. The van der Waals surface area contributed by atoms with Gasteiger partial charge in [-0.3, -0.25) is 14.7 Å². The molecule has 0 saturated carbocycles. The van der Waals surface area contributed by atoms with Gasteiger partial charge < -0.3 is 73.4 Å². The van der Waals surface area contributed by atoms with Crippen molar-refractivity contribution in [3.63, 3.8) is 0 Å². The highest BCUT2D eigenvalue weighted by Crippen LogP contribution is 2.13. The minimum absolute atomic E-state index is 0.272. The van der Waals surface area contributed by atoms with Crippen LogP contribution in [0.25, 0.3) is 0 Å².